The summed E-state index contributed by atoms with van der Waals surface area (Å²) in [4.78, 5) is 24.6. The molecule has 0 aromatic heterocycles. The van der Waals surface area contributed by atoms with Gasteiger partial charge in [0, 0.05) is 6.92 Å². The molecule has 3 nitrogen and oxygen atoms in total. The number of nitrogens with zero attached hydrogens (tertiary/aromatic N) is 1. The van der Waals surface area contributed by atoms with Crippen LogP contribution >= 0.6 is 0 Å². The zero-order valence-electron chi connectivity index (χ0n) is 8.86. The largest absolute Gasteiger partial charge is 0.274 e. The van der Waals surface area contributed by atoms with Gasteiger partial charge in [-0.3, -0.25) is 9.59 Å². The normalized spacial score (nSPS) is 19.2. The van der Waals surface area contributed by atoms with Crippen LogP contribution in [0.5, 0.6) is 0 Å². The van der Waals surface area contributed by atoms with E-state index < -0.39 is 0 Å². The molecule has 0 bridgehead atoms. The Morgan fingerprint density at radius 1 is 1.40 bits per heavy atom. The molecule has 0 unspecified atom stereocenters. The van der Waals surface area contributed by atoms with Gasteiger partial charge in [0.1, 0.15) is 0 Å². The molecular formula is C12H13NO2. The predicted octanol–water partition coefficient (Wildman–Crippen LogP) is 2.07. The average Bonchev–Trinajstić information content (AvgIpc) is 2.49. The van der Waals surface area contributed by atoms with Crippen molar-refractivity contribution in [1.82, 2.24) is 0 Å². The maximum Gasteiger partial charge on any atom is 0.241 e. The molecule has 0 fully saturated rings. The molecule has 0 spiro atoms. The van der Waals surface area contributed by atoms with Crippen molar-refractivity contribution in [3.8, 4) is 0 Å². The minimum Gasteiger partial charge on any atom is -0.274 e. The maximum atomic E-state index is 11.9. The van der Waals surface area contributed by atoms with Gasteiger partial charge in [0.25, 0.3) is 0 Å². The number of hydrogen-bond acceptors (Lipinski definition) is 2. The quantitative estimate of drug-likeness (QED) is 0.700. The molecule has 1 aromatic carbocycles. The van der Waals surface area contributed by atoms with E-state index in [1.54, 1.807) is 0 Å². The number of amides is 2. The Morgan fingerprint density at radius 3 is 2.67 bits per heavy atom. The Kier molecular flexibility index (Phi) is 2.31. The van der Waals surface area contributed by atoms with Gasteiger partial charge in [-0.2, -0.15) is 0 Å². The van der Waals surface area contributed by atoms with E-state index in [-0.39, 0.29) is 17.7 Å². The molecule has 2 rings (SSSR count). The van der Waals surface area contributed by atoms with Gasteiger partial charge in [-0.25, -0.2) is 4.90 Å². The molecule has 1 aliphatic heterocycles. The number of hydrogen-bond donors (Lipinski definition) is 0. The van der Waals surface area contributed by atoms with Crippen LogP contribution in [0, 0.1) is 0 Å². The predicted molar refractivity (Wildman–Crippen MR) is 57.6 cm³/mol. The first kappa shape index (κ1) is 9.90. The van der Waals surface area contributed by atoms with E-state index >= 15 is 0 Å². The van der Waals surface area contributed by atoms with Gasteiger partial charge in [0.15, 0.2) is 0 Å². The number of para-hydroxylation sites is 1. The number of carbonyl (C=O) groups excluding carboxylic acids is 2. The number of imide groups is 1. The van der Waals surface area contributed by atoms with Crippen LogP contribution in [0.25, 0.3) is 0 Å². The van der Waals surface area contributed by atoms with Crippen molar-refractivity contribution in [2.75, 3.05) is 4.90 Å². The Morgan fingerprint density at radius 2 is 2.07 bits per heavy atom. The number of fused-ring (bicyclic) bond motifs is 1. The Bertz CT molecular complexity index is 425. The summed E-state index contributed by atoms with van der Waals surface area (Å²) in [5.74, 6) is -0.445. The molecule has 0 saturated carbocycles. The molecule has 1 aromatic rings. The van der Waals surface area contributed by atoms with Crippen molar-refractivity contribution in [1.29, 1.82) is 0 Å². The van der Waals surface area contributed by atoms with Crippen LogP contribution in [-0.2, 0) is 9.59 Å². The highest BCUT2D eigenvalue weighted by molar-refractivity contribution is 6.20. The smallest absolute Gasteiger partial charge is 0.241 e. The second-order valence-corrected chi connectivity index (χ2v) is 3.71. The number of anilines is 1. The van der Waals surface area contributed by atoms with Gasteiger partial charge in [0.05, 0.1) is 11.6 Å². The lowest BCUT2D eigenvalue weighted by atomic mass is 9.98. The zero-order chi connectivity index (χ0) is 11.0. The monoisotopic (exact) mass is 203 g/mol. The molecule has 0 N–H and O–H groups in total. The standard InChI is InChI=1S/C12H13NO2/c1-3-9-10-6-4-5-7-11(10)13(8(2)14)12(9)15/h4-7,9H,3H2,1-2H3/t9-/m0/s1. The summed E-state index contributed by atoms with van der Waals surface area (Å²) < 4.78 is 0. The summed E-state index contributed by atoms with van der Waals surface area (Å²) in [7, 11) is 0. The van der Waals surface area contributed by atoms with Crippen LogP contribution in [0.3, 0.4) is 0 Å². The molecule has 2 amide bonds. The highest BCUT2D eigenvalue weighted by Crippen LogP contribution is 2.38. The van der Waals surface area contributed by atoms with E-state index in [4.69, 9.17) is 0 Å². The third kappa shape index (κ3) is 1.35. The van der Waals surface area contributed by atoms with Gasteiger partial charge < -0.3 is 0 Å². The van der Waals surface area contributed by atoms with Gasteiger partial charge in [-0.1, -0.05) is 25.1 Å². The lowest BCUT2D eigenvalue weighted by molar-refractivity contribution is -0.125. The molecule has 3 heteroatoms. The highest BCUT2D eigenvalue weighted by Gasteiger charge is 2.37. The van der Waals surface area contributed by atoms with Crippen LogP contribution in [-0.4, -0.2) is 11.8 Å². The Labute approximate surface area is 88.7 Å². The van der Waals surface area contributed by atoms with Crippen LogP contribution in [0.15, 0.2) is 24.3 Å². The Balaban J connectivity index is 2.56. The summed E-state index contributed by atoms with van der Waals surface area (Å²) in [6, 6.07) is 7.49. The van der Waals surface area contributed by atoms with E-state index in [0.717, 1.165) is 17.7 Å². The van der Waals surface area contributed by atoms with Crippen LogP contribution in [0.2, 0.25) is 0 Å². The molecule has 78 valence electrons. The maximum absolute atomic E-state index is 11.9. The first-order chi connectivity index (χ1) is 7.16. The van der Waals surface area contributed by atoms with E-state index in [2.05, 4.69) is 0 Å². The molecule has 1 atom stereocenters. The fourth-order valence-corrected chi connectivity index (χ4v) is 2.11. The average molecular weight is 203 g/mol. The number of rotatable bonds is 1. The minimum atomic E-state index is -0.205. The highest BCUT2D eigenvalue weighted by atomic mass is 16.2. The Hall–Kier alpha value is -1.64. The number of carbonyl (C=O) groups is 2. The van der Waals surface area contributed by atoms with Gasteiger partial charge >= 0.3 is 0 Å². The second-order valence-electron chi connectivity index (χ2n) is 3.71. The van der Waals surface area contributed by atoms with Crippen LogP contribution in [0.1, 0.15) is 31.7 Å². The van der Waals surface area contributed by atoms with Crippen molar-refractivity contribution < 1.29 is 9.59 Å². The van der Waals surface area contributed by atoms with Crippen molar-refractivity contribution in [3.05, 3.63) is 29.8 Å². The minimum absolute atomic E-state index is 0.0915. The van der Waals surface area contributed by atoms with Gasteiger partial charge in [-0.15, -0.1) is 0 Å². The van der Waals surface area contributed by atoms with E-state index in [1.165, 1.54) is 11.8 Å². The lowest BCUT2D eigenvalue weighted by Crippen LogP contribution is -2.32. The van der Waals surface area contributed by atoms with Gasteiger partial charge in [0.2, 0.25) is 11.8 Å². The van der Waals surface area contributed by atoms with E-state index in [0.29, 0.717) is 0 Å². The zero-order valence-corrected chi connectivity index (χ0v) is 8.86. The summed E-state index contributed by atoms with van der Waals surface area (Å²) in [5, 5.41) is 0. The summed E-state index contributed by atoms with van der Waals surface area (Å²) in [5.41, 5.74) is 1.72. The third-order valence-corrected chi connectivity index (χ3v) is 2.79. The lowest BCUT2D eigenvalue weighted by Gasteiger charge is -2.12. The van der Waals surface area contributed by atoms with Crippen LogP contribution < -0.4 is 4.90 Å². The molecule has 0 saturated heterocycles. The van der Waals surface area contributed by atoms with E-state index in [1.807, 2.05) is 31.2 Å². The van der Waals surface area contributed by atoms with Crippen molar-refractivity contribution >= 4 is 17.5 Å². The molecule has 15 heavy (non-hydrogen) atoms. The fourth-order valence-electron chi connectivity index (χ4n) is 2.11. The SMILES string of the molecule is CC[C@@H]1C(=O)N(C(C)=O)c2ccccc21. The first-order valence-electron chi connectivity index (χ1n) is 5.10. The van der Waals surface area contributed by atoms with E-state index in [9.17, 15) is 9.59 Å². The summed E-state index contributed by atoms with van der Waals surface area (Å²) >= 11 is 0. The van der Waals surface area contributed by atoms with Crippen molar-refractivity contribution in [3.63, 3.8) is 0 Å². The molecule has 1 heterocycles. The third-order valence-electron chi connectivity index (χ3n) is 2.79. The molecule has 1 aliphatic rings. The first-order valence-corrected chi connectivity index (χ1v) is 5.10. The molecule has 0 radical (unpaired) electrons. The summed E-state index contributed by atoms with van der Waals surface area (Å²) in [6.45, 7) is 3.38. The van der Waals surface area contributed by atoms with Gasteiger partial charge in [-0.05, 0) is 18.1 Å². The number of benzene rings is 1. The second kappa shape index (κ2) is 3.50. The van der Waals surface area contributed by atoms with Crippen molar-refractivity contribution in [2.45, 2.75) is 26.2 Å². The summed E-state index contributed by atoms with van der Waals surface area (Å²) in [6.07, 6.45) is 0.736. The van der Waals surface area contributed by atoms with Crippen molar-refractivity contribution in [2.24, 2.45) is 0 Å². The molecule has 0 aliphatic carbocycles. The topological polar surface area (TPSA) is 37.4 Å². The molecular weight excluding hydrogens is 190 g/mol. The fraction of sp³-hybridized carbons (Fsp3) is 0.333. The van der Waals surface area contributed by atoms with Crippen LogP contribution in [0.4, 0.5) is 5.69 Å².